The maximum atomic E-state index is 5.67. The highest BCUT2D eigenvalue weighted by atomic mass is 16.5. The Balaban J connectivity index is 1.63. The third-order valence-electron chi connectivity index (χ3n) is 3.70. The lowest BCUT2D eigenvalue weighted by atomic mass is 10.2. The first-order valence-corrected chi connectivity index (χ1v) is 8.07. The maximum Gasteiger partial charge on any atom is 0.0593 e. The number of aromatic nitrogens is 1. The van der Waals surface area contributed by atoms with Crippen LogP contribution in [0.1, 0.15) is 37.9 Å². The van der Waals surface area contributed by atoms with E-state index in [2.05, 4.69) is 48.2 Å². The highest BCUT2D eigenvalue weighted by Gasteiger charge is 2.20. The van der Waals surface area contributed by atoms with E-state index in [1.54, 1.807) is 0 Å². The Morgan fingerprint density at radius 2 is 2.19 bits per heavy atom. The van der Waals surface area contributed by atoms with Gasteiger partial charge >= 0.3 is 0 Å². The molecule has 0 bridgehead atoms. The van der Waals surface area contributed by atoms with Gasteiger partial charge in [0.1, 0.15) is 0 Å². The van der Waals surface area contributed by atoms with Crippen molar-refractivity contribution in [3.63, 3.8) is 0 Å². The Bertz CT molecular complexity index is 401. The molecule has 4 nitrogen and oxygen atoms in total. The quantitative estimate of drug-likeness (QED) is 0.672. The zero-order valence-electron chi connectivity index (χ0n) is 13.6. The monoisotopic (exact) mass is 291 g/mol. The largest absolute Gasteiger partial charge is 0.380 e. The Hall–Kier alpha value is -0.970. The molecule has 0 aliphatic heterocycles. The highest BCUT2D eigenvalue weighted by Crippen LogP contribution is 2.28. The Morgan fingerprint density at radius 1 is 1.38 bits per heavy atom. The van der Waals surface area contributed by atoms with E-state index in [-0.39, 0.29) is 0 Å². The van der Waals surface area contributed by atoms with Crippen molar-refractivity contribution in [1.82, 2.24) is 15.2 Å². The fraction of sp³-hybridized carbons (Fsp3) is 0.706. The summed E-state index contributed by atoms with van der Waals surface area (Å²) in [7, 11) is 2.12. The smallest absolute Gasteiger partial charge is 0.0593 e. The summed E-state index contributed by atoms with van der Waals surface area (Å²) in [6.07, 6.45) is 4.69. The first-order chi connectivity index (χ1) is 10.1. The van der Waals surface area contributed by atoms with E-state index in [0.29, 0.717) is 6.04 Å². The minimum absolute atomic E-state index is 0.506. The molecule has 1 aliphatic rings. The Kier molecular flexibility index (Phi) is 6.61. The van der Waals surface area contributed by atoms with E-state index in [1.807, 2.05) is 6.20 Å². The average Bonchev–Trinajstić information content (AvgIpc) is 3.27. The van der Waals surface area contributed by atoms with Crippen LogP contribution in [0.25, 0.3) is 0 Å². The molecule has 0 unspecified atom stereocenters. The second-order valence-corrected chi connectivity index (χ2v) is 6.45. The van der Waals surface area contributed by atoms with Crippen molar-refractivity contribution in [1.29, 1.82) is 0 Å². The minimum Gasteiger partial charge on any atom is -0.380 e. The summed E-state index contributed by atoms with van der Waals surface area (Å²) >= 11 is 0. The van der Waals surface area contributed by atoms with Gasteiger partial charge in [0.25, 0.3) is 0 Å². The van der Waals surface area contributed by atoms with Crippen LogP contribution in [0, 0.1) is 5.92 Å². The highest BCUT2D eigenvalue weighted by molar-refractivity contribution is 5.14. The van der Waals surface area contributed by atoms with Gasteiger partial charge in [-0.05, 0) is 37.4 Å². The van der Waals surface area contributed by atoms with Crippen LogP contribution >= 0.6 is 0 Å². The van der Waals surface area contributed by atoms with Crippen LogP contribution in [0.2, 0.25) is 0 Å². The molecule has 4 heteroatoms. The minimum atomic E-state index is 0.506. The van der Waals surface area contributed by atoms with Gasteiger partial charge in [-0.25, -0.2) is 0 Å². The molecule has 1 fully saturated rings. The molecule has 0 spiro atoms. The van der Waals surface area contributed by atoms with Crippen LogP contribution < -0.4 is 5.32 Å². The van der Waals surface area contributed by atoms with Gasteiger partial charge in [0.05, 0.1) is 12.3 Å². The molecule has 1 N–H and O–H groups in total. The lowest BCUT2D eigenvalue weighted by Crippen LogP contribution is -2.24. The Labute approximate surface area is 128 Å². The second-order valence-electron chi connectivity index (χ2n) is 6.45. The van der Waals surface area contributed by atoms with E-state index in [1.165, 1.54) is 18.4 Å². The SMILES string of the molecule is CC(C)NCc1ccc(CN(C)CCOCC2CC2)nc1. The van der Waals surface area contributed by atoms with Crippen LogP contribution in [0.15, 0.2) is 18.3 Å². The number of rotatable bonds is 10. The number of ether oxygens (including phenoxy) is 1. The van der Waals surface area contributed by atoms with Crippen molar-refractivity contribution < 1.29 is 4.74 Å². The summed E-state index contributed by atoms with van der Waals surface area (Å²) in [6.45, 7) is 8.81. The molecule has 1 saturated carbocycles. The molecule has 0 atom stereocenters. The summed E-state index contributed by atoms with van der Waals surface area (Å²) in [5.41, 5.74) is 2.36. The van der Waals surface area contributed by atoms with Crippen molar-refractivity contribution in [2.24, 2.45) is 5.92 Å². The summed E-state index contributed by atoms with van der Waals surface area (Å²) in [4.78, 5) is 6.81. The van der Waals surface area contributed by atoms with Gasteiger partial charge in [0.2, 0.25) is 0 Å². The summed E-state index contributed by atoms with van der Waals surface area (Å²) in [5, 5.41) is 3.40. The molecule has 1 aromatic rings. The van der Waals surface area contributed by atoms with E-state index in [9.17, 15) is 0 Å². The van der Waals surface area contributed by atoms with Crippen LogP contribution in [0.4, 0.5) is 0 Å². The fourth-order valence-corrected chi connectivity index (χ4v) is 2.09. The third kappa shape index (κ3) is 7.02. The fourth-order valence-electron chi connectivity index (χ4n) is 2.09. The standard InChI is InChI=1S/C17H29N3O/c1-14(2)18-10-16-6-7-17(19-11-16)12-20(3)8-9-21-13-15-4-5-15/h6-7,11,14-15,18H,4-5,8-10,12-13H2,1-3H3. The predicted molar refractivity (Wildman–Crippen MR) is 86.1 cm³/mol. The summed E-state index contributed by atoms with van der Waals surface area (Å²) in [5.74, 6) is 0.851. The van der Waals surface area contributed by atoms with Gasteiger partial charge in [-0.15, -0.1) is 0 Å². The van der Waals surface area contributed by atoms with E-state index in [4.69, 9.17) is 4.74 Å². The van der Waals surface area contributed by atoms with E-state index in [0.717, 1.165) is 44.5 Å². The zero-order valence-corrected chi connectivity index (χ0v) is 13.6. The Morgan fingerprint density at radius 3 is 2.81 bits per heavy atom. The van der Waals surface area contributed by atoms with Crippen molar-refractivity contribution in [3.05, 3.63) is 29.6 Å². The molecule has 2 rings (SSSR count). The molecular weight excluding hydrogens is 262 g/mol. The molecule has 1 aliphatic carbocycles. The summed E-state index contributed by atoms with van der Waals surface area (Å²) < 4.78 is 5.67. The number of likely N-dealkylation sites (N-methyl/N-ethyl adjacent to an activating group) is 1. The average molecular weight is 291 g/mol. The van der Waals surface area contributed by atoms with Gasteiger partial charge in [-0.1, -0.05) is 19.9 Å². The van der Waals surface area contributed by atoms with Gasteiger partial charge in [0.15, 0.2) is 0 Å². The number of hydrogen-bond donors (Lipinski definition) is 1. The van der Waals surface area contributed by atoms with Gasteiger partial charge in [0, 0.05) is 38.5 Å². The van der Waals surface area contributed by atoms with Crippen LogP contribution in [0.3, 0.4) is 0 Å². The van der Waals surface area contributed by atoms with Crippen molar-refractivity contribution >= 4 is 0 Å². The lowest BCUT2D eigenvalue weighted by molar-refractivity contribution is 0.101. The predicted octanol–water partition coefficient (Wildman–Crippen LogP) is 2.44. The van der Waals surface area contributed by atoms with Gasteiger partial charge in [-0.3, -0.25) is 9.88 Å². The zero-order chi connectivity index (χ0) is 15.1. The van der Waals surface area contributed by atoms with Crippen LogP contribution in [-0.2, 0) is 17.8 Å². The molecule has 0 aromatic carbocycles. The molecule has 1 aromatic heterocycles. The first-order valence-electron chi connectivity index (χ1n) is 8.07. The molecule has 118 valence electrons. The molecular formula is C17H29N3O. The van der Waals surface area contributed by atoms with Crippen LogP contribution in [0.5, 0.6) is 0 Å². The molecule has 0 amide bonds. The lowest BCUT2D eigenvalue weighted by Gasteiger charge is -2.16. The maximum absolute atomic E-state index is 5.67. The third-order valence-corrected chi connectivity index (χ3v) is 3.70. The first kappa shape index (κ1) is 16.4. The number of nitrogens with one attached hydrogen (secondary N) is 1. The molecule has 21 heavy (non-hydrogen) atoms. The number of pyridine rings is 1. The number of hydrogen-bond acceptors (Lipinski definition) is 4. The van der Waals surface area contributed by atoms with Crippen LogP contribution in [-0.4, -0.2) is 42.7 Å². The van der Waals surface area contributed by atoms with Crippen molar-refractivity contribution in [3.8, 4) is 0 Å². The van der Waals surface area contributed by atoms with Crippen molar-refractivity contribution in [2.75, 3.05) is 26.8 Å². The molecule has 0 saturated heterocycles. The second kappa shape index (κ2) is 8.47. The molecule has 1 heterocycles. The number of nitrogens with zero attached hydrogens (tertiary/aromatic N) is 2. The van der Waals surface area contributed by atoms with E-state index < -0.39 is 0 Å². The molecule has 0 radical (unpaired) electrons. The normalized spacial score (nSPS) is 15.1. The topological polar surface area (TPSA) is 37.4 Å². The van der Waals surface area contributed by atoms with Crippen molar-refractivity contribution in [2.45, 2.75) is 45.8 Å². The summed E-state index contributed by atoms with van der Waals surface area (Å²) in [6, 6.07) is 4.79. The van der Waals surface area contributed by atoms with Gasteiger partial charge in [-0.2, -0.15) is 0 Å². The van der Waals surface area contributed by atoms with E-state index >= 15 is 0 Å². The van der Waals surface area contributed by atoms with Gasteiger partial charge < -0.3 is 10.1 Å².